The lowest BCUT2D eigenvalue weighted by molar-refractivity contribution is -0.870. The van der Waals surface area contributed by atoms with Gasteiger partial charge in [-0.15, -0.1) is 0 Å². The van der Waals surface area contributed by atoms with Gasteiger partial charge in [0.2, 0.25) is 0 Å². The van der Waals surface area contributed by atoms with Crippen LogP contribution in [0.1, 0.15) is 219 Å². The van der Waals surface area contributed by atoms with E-state index in [0.717, 1.165) is 180 Å². The largest absolute Gasteiger partial charge is 0.477 e. The standard InChI is InChI=1S/C78H121NO8/c1-6-8-10-12-14-16-18-20-22-24-26-28-30-32-34-36-38-40-42-44-46-48-50-52-54-56-58-60-62-64-66-68-75(80)85-72-74(73-86-78(77(82)83)84-71-70-79(3,4)5)87-76(81)69-67-65-63-61-59-57-55-53-51-49-47-45-43-41-39-37-35-33-31-29-27-25-23-21-19-17-15-13-11-9-7-2/h8-11,14-17,20-23,26-29,32-35,38-41,44-47,50-53,74,78H,6-7,12-13,18-19,24-25,30-31,36-37,42-43,48-49,54-73H2,1-5H3/p+1/b10-8-,11-9-,16-14-,17-15-,22-20-,23-21-,28-26-,29-27-,34-32-,35-33-,40-38-,41-39-,46-44-,47-45-,52-50-,53-51-. The van der Waals surface area contributed by atoms with Crippen molar-refractivity contribution in [1.29, 1.82) is 0 Å². The quantitative estimate of drug-likeness (QED) is 0.0211. The van der Waals surface area contributed by atoms with Crippen molar-refractivity contribution in [3.8, 4) is 0 Å². The molecule has 0 spiro atoms. The van der Waals surface area contributed by atoms with Crippen LogP contribution in [0, 0.1) is 0 Å². The molecule has 2 unspecified atom stereocenters. The zero-order valence-electron chi connectivity index (χ0n) is 55.3. The molecule has 0 bridgehead atoms. The molecule has 0 amide bonds. The number of quaternary nitrogens is 1. The van der Waals surface area contributed by atoms with Gasteiger partial charge >= 0.3 is 17.9 Å². The number of likely N-dealkylation sites (N-methyl/N-ethyl adjacent to an activating group) is 1. The van der Waals surface area contributed by atoms with E-state index in [1.807, 2.05) is 21.1 Å². The first-order chi connectivity index (χ1) is 42.6. The molecule has 0 aliphatic rings. The maximum absolute atomic E-state index is 12.9. The topological polar surface area (TPSA) is 108 Å². The number of allylic oxidation sites excluding steroid dienone is 32. The number of carbonyl (C=O) groups excluding carboxylic acids is 2. The number of ether oxygens (including phenoxy) is 4. The molecule has 9 heteroatoms. The van der Waals surface area contributed by atoms with Crippen LogP contribution < -0.4 is 0 Å². The smallest absolute Gasteiger partial charge is 0.361 e. The molecule has 0 aliphatic heterocycles. The third-order valence-corrected chi connectivity index (χ3v) is 13.3. The average molecular weight is 1200 g/mol. The van der Waals surface area contributed by atoms with Crippen molar-refractivity contribution in [3.63, 3.8) is 0 Å². The number of carbonyl (C=O) groups is 3. The fourth-order valence-electron chi connectivity index (χ4n) is 8.28. The number of unbranched alkanes of at least 4 members (excludes halogenated alkanes) is 12. The third kappa shape index (κ3) is 67.5. The molecule has 1 N–H and O–H groups in total. The molecule has 2 atom stereocenters. The van der Waals surface area contributed by atoms with Gasteiger partial charge in [0.05, 0.1) is 34.4 Å². The van der Waals surface area contributed by atoms with E-state index >= 15 is 0 Å². The highest BCUT2D eigenvalue weighted by atomic mass is 16.7. The molecular weight excluding hydrogens is 1080 g/mol. The van der Waals surface area contributed by atoms with E-state index in [9.17, 15) is 19.5 Å². The summed E-state index contributed by atoms with van der Waals surface area (Å²) in [5.74, 6) is -2.07. The van der Waals surface area contributed by atoms with Crippen LogP contribution in [0.5, 0.6) is 0 Å². The molecule has 9 nitrogen and oxygen atoms in total. The fourth-order valence-corrected chi connectivity index (χ4v) is 8.28. The van der Waals surface area contributed by atoms with Crippen LogP contribution in [0.3, 0.4) is 0 Å². The number of rotatable bonds is 59. The number of nitrogens with zero attached hydrogens (tertiary/aromatic N) is 1. The van der Waals surface area contributed by atoms with E-state index in [0.29, 0.717) is 23.9 Å². The zero-order valence-corrected chi connectivity index (χ0v) is 55.3. The van der Waals surface area contributed by atoms with Crippen LogP contribution in [-0.2, 0) is 33.3 Å². The molecule has 0 heterocycles. The van der Waals surface area contributed by atoms with Gasteiger partial charge in [0, 0.05) is 12.8 Å². The Morgan fingerprint density at radius 2 is 0.621 bits per heavy atom. The summed E-state index contributed by atoms with van der Waals surface area (Å²) < 4.78 is 22.9. The third-order valence-electron chi connectivity index (χ3n) is 13.3. The van der Waals surface area contributed by atoms with Crippen molar-refractivity contribution in [2.45, 2.75) is 232 Å². The number of hydrogen-bond acceptors (Lipinski definition) is 7. The van der Waals surface area contributed by atoms with Crippen molar-refractivity contribution in [1.82, 2.24) is 0 Å². The van der Waals surface area contributed by atoms with Crippen LogP contribution >= 0.6 is 0 Å². The first-order valence-corrected chi connectivity index (χ1v) is 33.6. The summed E-state index contributed by atoms with van der Waals surface area (Å²) in [6.45, 7) is 4.58. The Bertz CT molecular complexity index is 2130. The van der Waals surface area contributed by atoms with Crippen LogP contribution in [-0.4, -0.2) is 87.4 Å². The summed E-state index contributed by atoms with van der Waals surface area (Å²) in [6, 6.07) is 0. The highest BCUT2D eigenvalue weighted by Gasteiger charge is 2.25. The molecule has 0 radical (unpaired) electrons. The van der Waals surface area contributed by atoms with E-state index in [1.165, 1.54) is 0 Å². The second-order valence-electron chi connectivity index (χ2n) is 22.7. The van der Waals surface area contributed by atoms with Gasteiger partial charge in [0.25, 0.3) is 6.29 Å². The molecule has 0 saturated heterocycles. The maximum atomic E-state index is 12.9. The summed E-state index contributed by atoms with van der Waals surface area (Å²) in [5, 5.41) is 9.74. The van der Waals surface area contributed by atoms with Gasteiger partial charge in [-0.05, 0) is 141 Å². The highest BCUT2D eigenvalue weighted by molar-refractivity contribution is 5.71. The SMILES string of the molecule is CC/C=C\C/C=C\C/C=C\C/C=C\C/C=C\C/C=C\C/C=C\C/C=C\CCCCCCCCC(=O)OCC(COC(OCC[N+](C)(C)C)C(=O)O)OC(=O)CCCCCCCC/C=C\C/C=C\C/C=C\C/C=C\C/C=C\C/C=C\C/C=C\C/C=C\CC. The number of carboxylic acids is 1. The fraction of sp³-hybridized carbons (Fsp3) is 0.551. The Balaban J connectivity index is 4.31. The molecule has 0 saturated carbocycles. The second-order valence-corrected chi connectivity index (χ2v) is 22.7. The van der Waals surface area contributed by atoms with Gasteiger partial charge in [0.1, 0.15) is 13.2 Å². The molecule has 0 aromatic heterocycles. The summed E-state index contributed by atoms with van der Waals surface area (Å²) in [5.41, 5.74) is 0. The van der Waals surface area contributed by atoms with Crippen LogP contribution in [0.4, 0.5) is 0 Å². The number of esters is 2. The highest BCUT2D eigenvalue weighted by Crippen LogP contribution is 2.14. The maximum Gasteiger partial charge on any atom is 0.361 e. The zero-order chi connectivity index (χ0) is 63.3. The van der Waals surface area contributed by atoms with Crippen LogP contribution in [0.15, 0.2) is 194 Å². The number of hydrogen-bond donors (Lipinski definition) is 1. The van der Waals surface area contributed by atoms with Gasteiger partial charge in [-0.1, -0.05) is 260 Å². The van der Waals surface area contributed by atoms with Gasteiger partial charge in [0.15, 0.2) is 6.10 Å². The van der Waals surface area contributed by atoms with Gasteiger partial charge in [-0.25, -0.2) is 4.79 Å². The summed E-state index contributed by atoms with van der Waals surface area (Å²) in [4.78, 5) is 37.6. The van der Waals surface area contributed by atoms with Crippen LogP contribution in [0.25, 0.3) is 0 Å². The Kier molecular flexibility index (Phi) is 61.6. The molecule has 486 valence electrons. The lowest BCUT2D eigenvalue weighted by Crippen LogP contribution is -2.40. The summed E-state index contributed by atoms with van der Waals surface area (Å²) >= 11 is 0. The number of carboxylic acid groups (broad SMARTS) is 1. The first-order valence-electron chi connectivity index (χ1n) is 33.6. The minimum absolute atomic E-state index is 0.170. The molecule has 0 rings (SSSR count). The Labute approximate surface area is 532 Å². The molecular formula is C78H122NO8+. The predicted octanol–water partition coefficient (Wildman–Crippen LogP) is 21.0. The minimum Gasteiger partial charge on any atom is -0.477 e. The van der Waals surface area contributed by atoms with Gasteiger partial charge in [-0.2, -0.15) is 0 Å². The van der Waals surface area contributed by atoms with Crippen LogP contribution in [0.2, 0.25) is 0 Å². The van der Waals surface area contributed by atoms with Gasteiger partial charge in [-0.3, -0.25) is 9.59 Å². The monoisotopic (exact) mass is 1200 g/mol. The summed E-state index contributed by atoms with van der Waals surface area (Å²) in [6.07, 6.45) is 99.5. The average Bonchev–Trinajstić information content (AvgIpc) is 3.51. The lowest BCUT2D eigenvalue weighted by atomic mass is 10.1. The summed E-state index contributed by atoms with van der Waals surface area (Å²) in [7, 11) is 5.95. The Hall–Kier alpha value is -5.87. The predicted molar refractivity (Wildman–Crippen MR) is 372 cm³/mol. The van der Waals surface area contributed by atoms with E-state index < -0.39 is 24.3 Å². The van der Waals surface area contributed by atoms with Gasteiger partial charge < -0.3 is 28.5 Å². The first kappa shape index (κ1) is 81.1. The second kappa shape index (κ2) is 66.1. The van der Waals surface area contributed by atoms with Crippen molar-refractivity contribution in [2.24, 2.45) is 0 Å². The Morgan fingerprint density at radius 3 is 0.920 bits per heavy atom. The van der Waals surface area contributed by atoms with Crippen molar-refractivity contribution in [2.75, 3.05) is 47.5 Å². The number of aliphatic carboxylic acids is 1. The molecule has 0 fully saturated rings. The van der Waals surface area contributed by atoms with Crippen molar-refractivity contribution in [3.05, 3.63) is 194 Å². The van der Waals surface area contributed by atoms with E-state index in [2.05, 4.69) is 208 Å². The van der Waals surface area contributed by atoms with Crippen molar-refractivity contribution < 1.29 is 42.9 Å². The van der Waals surface area contributed by atoms with E-state index in [-0.39, 0.29) is 38.6 Å². The minimum atomic E-state index is -1.53. The van der Waals surface area contributed by atoms with E-state index in [4.69, 9.17) is 18.9 Å². The van der Waals surface area contributed by atoms with Crippen molar-refractivity contribution >= 4 is 17.9 Å². The lowest BCUT2D eigenvalue weighted by Gasteiger charge is -2.25. The van der Waals surface area contributed by atoms with E-state index in [1.54, 1.807) is 0 Å². The molecule has 0 aromatic rings. The molecule has 0 aliphatic carbocycles. The molecule has 0 aromatic carbocycles. The molecule has 87 heavy (non-hydrogen) atoms. The Morgan fingerprint density at radius 1 is 0.345 bits per heavy atom. The normalized spacial score (nSPS) is 14.0.